The van der Waals surface area contributed by atoms with Gasteiger partial charge in [0.25, 0.3) is 5.91 Å². The first-order valence-electron chi connectivity index (χ1n) is 6.33. The molecule has 0 saturated heterocycles. The Hall–Kier alpha value is -2.21. The molecular weight excluding hydrogens is 293 g/mol. The van der Waals surface area contributed by atoms with Crippen LogP contribution in [0.25, 0.3) is 0 Å². The van der Waals surface area contributed by atoms with Crippen LogP contribution in [0.15, 0.2) is 41.8 Å². The first-order chi connectivity index (χ1) is 10.1. The fourth-order valence-corrected chi connectivity index (χ4v) is 2.28. The maximum Gasteiger partial charge on any atom is 0.341 e. The highest BCUT2D eigenvalue weighted by atomic mass is 32.1. The molecule has 1 N–H and O–H groups in total. The van der Waals surface area contributed by atoms with Gasteiger partial charge in [-0.25, -0.2) is 9.18 Å². The maximum atomic E-state index is 13.4. The molecule has 0 aliphatic heterocycles. The number of thiophene rings is 1. The molecule has 1 heterocycles. The molecule has 0 fully saturated rings. The van der Waals surface area contributed by atoms with Crippen LogP contribution in [0.5, 0.6) is 0 Å². The second-order valence-corrected chi connectivity index (χ2v) is 5.36. The van der Waals surface area contributed by atoms with Gasteiger partial charge in [-0.3, -0.25) is 4.79 Å². The molecule has 0 radical (unpaired) electrons. The minimum absolute atomic E-state index is 0.185. The van der Waals surface area contributed by atoms with Crippen LogP contribution in [0.3, 0.4) is 0 Å². The third-order valence-electron chi connectivity index (χ3n) is 2.76. The first-order valence-corrected chi connectivity index (χ1v) is 7.21. The third kappa shape index (κ3) is 4.13. The largest absolute Gasteiger partial charge is 0.449 e. The Kier molecular flexibility index (Phi) is 5.05. The predicted octanol–water partition coefficient (Wildman–Crippen LogP) is 2.75. The van der Waals surface area contributed by atoms with Crippen LogP contribution < -0.4 is 5.32 Å². The molecule has 0 unspecified atom stereocenters. The summed E-state index contributed by atoms with van der Waals surface area (Å²) in [4.78, 5) is 24.6. The molecule has 0 bridgehead atoms. The molecular formula is C15H14FNO3S. The summed E-state index contributed by atoms with van der Waals surface area (Å²) in [6.07, 6.45) is -0.989. The van der Waals surface area contributed by atoms with Gasteiger partial charge in [-0.1, -0.05) is 18.2 Å². The molecule has 0 saturated carbocycles. The third-order valence-corrected chi connectivity index (χ3v) is 3.64. The van der Waals surface area contributed by atoms with E-state index in [2.05, 4.69) is 5.32 Å². The number of hydrogen-bond donors (Lipinski definition) is 1. The second-order valence-electron chi connectivity index (χ2n) is 4.32. The number of esters is 1. The lowest BCUT2D eigenvalue weighted by Crippen LogP contribution is -2.35. The number of nitrogens with one attached hydrogen (secondary N) is 1. The van der Waals surface area contributed by atoms with Crippen LogP contribution in [0, 0.1) is 5.82 Å². The number of halogens is 1. The zero-order valence-corrected chi connectivity index (χ0v) is 12.2. The quantitative estimate of drug-likeness (QED) is 0.864. The van der Waals surface area contributed by atoms with Crippen molar-refractivity contribution in [2.45, 2.75) is 19.6 Å². The van der Waals surface area contributed by atoms with Crippen LogP contribution in [0.1, 0.15) is 22.2 Å². The highest BCUT2D eigenvalue weighted by Gasteiger charge is 2.20. The number of amides is 1. The minimum Gasteiger partial charge on any atom is -0.449 e. The number of benzene rings is 1. The van der Waals surface area contributed by atoms with Gasteiger partial charge >= 0.3 is 5.97 Å². The van der Waals surface area contributed by atoms with Crippen LogP contribution >= 0.6 is 11.3 Å². The Morgan fingerprint density at radius 2 is 2.05 bits per heavy atom. The number of rotatable bonds is 5. The van der Waals surface area contributed by atoms with Gasteiger partial charge in [-0.05, 0) is 30.5 Å². The average Bonchev–Trinajstić information content (AvgIpc) is 2.98. The Morgan fingerprint density at radius 1 is 1.29 bits per heavy atom. The van der Waals surface area contributed by atoms with E-state index < -0.39 is 23.8 Å². The van der Waals surface area contributed by atoms with Crippen LogP contribution in [0.4, 0.5) is 4.39 Å². The van der Waals surface area contributed by atoms with Crippen molar-refractivity contribution in [2.24, 2.45) is 0 Å². The summed E-state index contributed by atoms with van der Waals surface area (Å²) in [7, 11) is 0. The zero-order chi connectivity index (χ0) is 15.2. The SMILES string of the molecule is C[C@H](OC(=O)c1ccccc1F)C(=O)NCc1cccs1. The smallest absolute Gasteiger partial charge is 0.341 e. The van der Waals surface area contributed by atoms with Crippen molar-refractivity contribution in [3.8, 4) is 0 Å². The normalized spacial score (nSPS) is 11.7. The Morgan fingerprint density at radius 3 is 2.71 bits per heavy atom. The molecule has 0 spiro atoms. The summed E-state index contributed by atoms with van der Waals surface area (Å²) in [5.74, 6) is -1.95. The lowest BCUT2D eigenvalue weighted by molar-refractivity contribution is -0.129. The molecule has 1 aromatic carbocycles. The highest BCUT2D eigenvalue weighted by molar-refractivity contribution is 7.09. The number of ether oxygens (including phenoxy) is 1. The topological polar surface area (TPSA) is 55.4 Å². The molecule has 1 aromatic heterocycles. The Balaban J connectivity index is 1.88. The van der Waals surface area contributed by atoms with Gasteiger partial charge in [0.1, 0.15) is 5.82 Å². The fourth-order valence-electron chi connectivity index (χ4n) is 1.64. The van der Waals surface area contributed by atoms with Crippen molar-refractivity contribution >= 4 is 23.2 Å². The van der Waals surface area contributed by atoms with Gasteiger partial charge in [0.2, 0.25) is 0 Å². The van der Waals surface area contributed by atoms with Crippen molar-refractivity contribution in [1.82, 2.24) is 5.32 Å². The molecule has 1 amide bonds. The molecule has 0 aliphatic carbocycles. The van der Waals surface area contributed by atoms with Gasteiger partial charge in [0.05, 0.1) is 12.1 Å². The molecule has 4 nitrogen and oxygen atoms in total. The van der Waals surface area contributed by atoms with E-state index in [9.17, 15) is 14.0 Å². The van der Waals surface area contributed by atoms with Gasteiger partial charge in [-0.15, -0.1) is 11.3 Å². The molecule has 2 rings (SSSR count). The summed E-state index contributed by atoms with van der Waals surface area (Å²) in [6, 6.07) is 9.26. The predicted molar refractivity (Wildman–Crippen MR) is 77.4 cm³/mol. The monoisotopic (exact) mass is 307 g/mol. The van der Waals surface area contributed by atoms with E-state index in [1.54, 1.807) is 0 Å². The van der Waals surface area contributed by atoms with Gasteiger partial charge in [-0.2, -0.15) is 0 Å². The van der Waals surface area contributed by atoms with Gasteiger partial charge in [0.15, 0.2) is 6.10 Å². The highest BCUT2D eigenvalue weighted by Crippen LogP contribution is 2.10. The Bertz CT molecular complexity index is 628. The van der Waals surface area contributed by atoms with Crippen LogP contribution in [-0.4, -0.2) is 18.0 Å². The standard InChI is InChI=1S/C15H14FNO3S/c1-10(14(18)17-9-11-5-4-8-21-11)20-15(19)12-6-2-3-7-13(12)16/h2-8,10H,9H2,1H3,(H,17,18)/t10-/m0/s1. The average molecular weight is 307 g/mol. The maximum absolute atomic E-state index is 13.4. The van der Waals surface area contributed by atoms with Crippen LogP contribution in [0.2, 0.25) is 0 Å². The van der Waals surface area contributed by atoms with Crippen molar-refractivity contribution in [3.63, 3.8) is 0 Å². The summed E-state index contributed by atoms with van der Waals surface area (Å²) in [5, 5.41) is 4.56. The summed E-state index contributed by atoms with van der Waals surface area (Å²) in [6.45, 7) is 1.82. The number of carbonyl (C=O) groups is 2. The molecule has 21 heavy (non-hydrogen) atoms. The molecule has 0 aliphatic rings. The van der Waals surface area contributed by atoms with E-state index in [1.807, 2.05) is 17.5 Å². The van der Waals surface area contributed by atoms with E-state index in [-0.39, 0.29) is 5.56 Å². The van der Waals surface area contributed by atoms with Crippen LogP contribution in [-0.2, 0) is 16.1 Å². The molecule has 2 aromatic rings. The van der Waals surface area contributed by atoms with E-state index in [0.717, 1.165) is 10.9 Å². The zero-order valence-electron chi connectivity index (χ0n) is 11.3. The van der Waals surface area contributed by atoms with Crippen molar-refractivity contribution < 1.29 is 18.7 Å². The van der Waals surface area contributed by atoms with E-state index in [1.165, 1.54) is 36.5 Å². The summed E-state index contributed by atoms with van der Waals surface area (Å²) in [5.41, 5.74) is -0.185. The molecule has 110 valence electrons. The number of carbonyl (C=O) groups excluding carboxylic acids is 2. The summed E-state index contributed by atoms with van der Waals surface area (Å²) < 4.78 is 18.4. The van der Waals surface area contributed by atoms with E-state index in [4.69, 9.17) is 4.74 Å². The van der Waals surface area contributed by atoms with Crippen molar-refractivity contribution in [1.29, 1.82) is 0 Å². The fraction of sp³-hybridized carbons (Fsp3) is 0.200. The minimum atomic E-state index is -0.989. The first kappa shape index (κ1) is 15.2. The second kappa shape index (κ2) is 6.99. The lowest BCUT2D eigenvalue weighted by Gasteiger charge is -2.13. The van der Waals surface area contributed by atoms with E-state index >= 15 is 0 Å². The van der Waals surface area contributed by atoms with Gasteiger partial charge < -0.3 is 10.1 Å². The summed E-state index contributed by atoms with van der Waals surface area (Å²) >= 11 is 1.52. The van der Waals surface area contributed by atoms with Gasteiger partial charge in [0, 0.05) is 4.88 Å². The molecule has 1 atom stereocenters. The lowest BCUT2D eigenvalue weighted by atomic mass is 10.2. The Labute approximate surface area is 125 Å². The van der Waals surface area contributed by atoms with Crippen molar-refractivity contribution in [2.75, 3.05) is 0 Å². The molecule has 6 heteroatoms. The number of hydrogen-bond acceptors (Lipinski definition) is 4. The van der Waals surface area contributed by atoms with Crippen molar-refractivity contribution in [3.05, 3.63) is 58.0 Å². The van der Waals surface area contributed by atoms with E-state index in [0.29, 0.717) is 6.54 Å².